The van der Waals surface area contributed by atoms with E-state index in [0.29, 0.717) is 28.7 Å². The van der Waals surface area contributed by atoms with E-state index in [1.807, 2.05) is 39.2 Å². The number of nitrogens with zero attached hydrogens (tertiary/aromatic N) is 5. The molecule has 30 heavy (non-hydrogen) atoms. The molecule has 3 aromatic heterocycles. The lowest BCUT2D eigenvalue weighted by molar-refractivity contribution is 0.0692. The van der Waals surface area contributed by atoms with Gasteiger partial charge < -0.3 is 4.90 Å². The van der Waals surface area contributed by atoms with Crippen molar-refractivity contribution in [3.05, 3.63) is 78.1 Å². The van der Waals surface area contributed by atoms with Crippen LogP contribution in [0.3, 0.4) is 0 Å². The fourth-order valence-corrected chi connectivity index (χ4v) is 3.41. The zero-order valence-corrected chi connectivity index (χ0v) is 17.1. The van der Waals surface area contributed by atoms with E-state index in [1.54, 1.807) is 40.3 Å². The highest BCUT2D eigenvalue weighted by atomic mass is 19.1. The number of amides is 1. The Morgan fingerprint density at radius 1 is 1.20 bits per heavy atom. The molecule has 0 spiro atoms. The molecule has 3 heterocycles. The van der Waals surface area contributed by atoms with E-state index in [-0.39, 0.29) is 11.9 Å². The van der Waals surface area contributed by atoms with Crippen molar-refractivity contribution >= 4 is 16.8 Å². The van der Waals surface area contributed by atoms with Crippen LogP contribution in [-0.2, 0) is 13.6 Å². The molecule has 152 valence electrons. The fourth-order valence-electron chi connectivity index (χ4n) is 3.41. The Balaban J connectivity index is 1.83. The van der Waals surface area contributed by atoms with Crippen molar-refractivity contribution in [1.82, 2.24) is 24.6 Å². The molecule has 4 aromatic rings. The van der Waals surface area contributed by atoms with E-state index in [1.165, 1.54) is 12.1 Å². The van der Waals surface area contributed by atoms with Crippen LogP contribution in [0.25, 0.3) is 22.2 Å². The minimum atomic E-state index is -0.396. The Hall–Kier alpha value is -3.61. The molecule has 0 saturated heterocycles. The van der Waals surface area contributed by atoms with Crippen LogP contribution in [0, 0.1) is 5.82 Å². The van der Waals surface area contributed by atoms with Gasteiger partial charge in [-0.05, 0) is 43.7 Å². The summed E-state index contributed by atoms with van der Waals surface area (Å²) in [5.74, 6) is -0.536. The molecule has 0 aliphatic heterocycles. The van der Waals surface area contributed by atoms with Crippen molar-refractivity contribution in [2.75, 3.05) is 0 Å². The summed E-state index contributed by atoms with van der Waals surface area (Å²) >= 11 is 0. The Labute approximate surface area is 174 Å². The Morgan fingerprint density at radius 3 is 2.70 bits per heavy atom. The molecule has 0 bridgehead atoms. The fraction of sp³-hybridized carbons (Fsp3) is 0.217. The quantitative estimate of drug-likeness (QED) is 0.501. The number of halogens is 1. The van der Waals surface area contributed by atoms with Gasteiger partial charge in [-0.15, -0.1) is 0 Å². The number of pyridine rings is 2. The summed E-state index contributed by atoms with van der Waals surface area (Å²) in [5, 5.41) is 4.80. The molecule has 0 radical (unpaired) electrons. The largest absolute Gasteiger partial charge is 0.332 e. The van der Waals surface area contributed by atoms with Gasteiger partial charge in [0.2, 0.25) is 0 Å². The third-order valence-electron chi connectivity index (χ3n) is 4.96. The van der Waals surface area contributed by atoms with Crippen molar-refractivity contribution < 1.29 is 9.18 Å². The minimum absolute atomic E-state index is 0.0387. The first-order chi connectivity index (χ1) is 14.4. The number of aryl methyl sites for hydroxylation is 1. The topological polar surface area (TPSA) is 63.9 Å². The predicted octanol–water partition coefficient (Wildman–Crippen LogP) is 4.22. The van der Waals surface area contributed by atoms with E-state index in [0.717, 1.165) is 11.1 Å². The second kappa shape index (κ2) is 8.02. The molecule has 1 aromatic carbocycles. The van der Waals surface area contributed by atoms with Crippen LogP contribution < -0.4 is 0 Å². The first kappa shape index (κ1) is 19.7. The van der Waals surface area contributed by atoms with Gasteiger partial charge in [-0.3, -0.25) is 14.5 Å². The lowest BCUT2D eigenvalue weighted by Crippen LogP contribution is -2.36. The summed E-state index contributed by atoms with van der Waals surface area (Å²) < 4.78 is 15.6. The van der Waals surface area contributed by atoms with Crippen molar-refractivity contribution in [1.29, 1.82) is 0 Å². The molecule has 0 aliphatic carbocycles. The third-order valence-corrected chi connectivity index (χ3v) is 4.96. The number of aromatic nitrogens is 4. The van der Waals surface area contributed by atoms with Gasteiger partial charge in [0.15, 0.2) is 0 Å². The highest BCUT2D eigenvalue weighted by Crippen LogP contribution is 2.27. The second-order valence-electron chi connectivity index (χ2n) is 7.51. The van der Waals surface area contributed by atoms with Crippen LogP contribution in [0.2, 0.25) is 0 Å². The van der Waals surface area contributed by atoms with Crippen LogP contribution in [0.4, 0.5) is 4.39 Å². The monoisotopic (exact) mass is 403 g/mol. The van der Waals surface area contributed by atoms with Crippen LogP contribution in [0.15, 0.2) is 61.2 Å². The third kappa shape index (κ3) is 3.91. The SMILES string of the molecule is CC(C)N(Cc1cccnc1)C(=O)c1cc(-c2cnn(C)c2)nc2cc(F)ccc12. The molecule has 0 unspecified atom stereocenters. The lowest BCUT2D eigenvalue weighted by atomic mass is 10.0. The number of hydrogen-bond acceptors (Lipinski definition) is 4. The Bertz CT molecular complexity index is 1200. The zero-order valence-electron chi connectivity index (χ0n) is 17.1. The van der Waals surface area contributed by atoms with Crippen molar-refractivity contribution in [3.63, 3.8) is 0 Å². The van der Waals surface area contributed by atoms with Crippen molar-refractivity contribution in [2.24, 2.45) is 7.05 Å². The van der Waals surface area contributed by atoms with Gasteiger partial charge in [0.1, 0.15) is 5.82 Å². The number of carbonyl (C=O) groups is 1. The van der Waals surface area contributed by atoms with E-state index in [4.69, 9.17) is 0 Å². The van der Waals surface area contributed by atoms with E-state index in [9.17, 15) is 9.18 Å². The summed E-state index contributed by atoms with van der Waals surface area (Å²) in [6, 6.07) is 9.83. The van der Waals surface area contributed by atoms with E-state index in [2.05, 4.69) is 15.1 Å². The molecule has 6 nitrogen and oxygen atoms in total. The molecule has 0 atom stereocenters. The maximum Gasteiger partial charge on any atom is 0.255 e. The van der Waals surface area contributed by atoms with Gasteiger partial charge in [0, 0.05) is 55.2 Å². The van der Waals surface area contributed by atoms with Gasteiger partial charge in [0.25, 0.3) is 5.91 Å². The number of carbonyl (C=O) groups excluding carboxylic acids is 1. The lowest BCUT2D eigenvalue weighted by Gasteiger charge is -2.27. The van der Waals surface area contributed by atoms with Crippen molar-refractivity contribution in [3.8, 4) is 11.3 Å². The average molecular weight is 403 g/mol. The molecule has 0 N–H and O–H groups in total. The zero-order chi connectivity index (χ0) is 21.3. The molecule has 0 saturated carbocycles. The number of hydrogen-bond donors (Lipinski definition) is 0. The number of fused-ring (bicyclic) bond motifs is 1. The molecular weight excluding hydrogens is 381 g/mol. The number of rotatable bonds is 5. The molecule has 7 heteroatoms. The highest BCUT2D eigenvalue weighted by molar-refractivity contribution is 6.07. The standard InChI is InChI=1S/C23H22FN5O/c1-15(2)29(13-16-5-4-8-25-11-16)23(30)20-10-21(17-12-26-28(3)14-17)27-22-9-18(24)6-7-19(20)22/h4-12,14-15H,13H2,1-3H3. The van der Waals surface area contributed by atoms with Gasteiger partial charge in [-0.1, -0.05) is 6.07 Å². The normalized spacial score (nSPS) is 11.2. The van der Waals surface area contributed by atoms with E-state index >= 15 is 0 Å². The smallest absolute Gasteiger partial charge is 0.255 e. The van der Waals surface area contributed by atoms with E-state index < -0.39 is 5.82 Å². The maximum atomic E-state index is 13.9. The summed E-state index contributed by atoms with van der Waals surface area (Å²) in [6.45, 7) is 4.37. The molecular formula is C23H22FN5O. The predicted molar refractivity (Wildman–Crippen MR) is 113 cm³/mol. The summed E-state index contributed by atoms with van der Waals surface area (Å²) in [6.07, 6.45) is 6.95. The molecule has 0 aliphatic rings. The molecule has 0 fully saturated rings. The maximum absolute atomic E-state index is 13.9. The average Bonchev–Trinajstić information content (AvgIpc) is 3.17. The minimum Gasteiger partial charge on any atom is -0.332 e. The van der Waals surface area contributed by atoms with Crippen molar-refractivity contribution in [2.45, 2.75) is 26.4 Å². The summed E-state index contributed by atoms with van der Waals surface area (Å²) in [5.41, 5.74) is 3.20. The number of benzene rings is 1. The van der Waals surface area contributed by atoms with Crippen LogP contribution in [0.1, 0.15) is 29.8 Å². The van der Waals surface area contributed by atoms with Crippen LogP contribution in [-0.4, -0.2) is 36.6 Å². The second-order valence-corrected chi connectivity index (χ2v) is 7.51. The molecule has 1 amide bonds. The van der Waals surface area contributed by atoms with Crippen LogP contribution in [0.5, 0.6) is 0 Å². The van der Waals surface area contributed by atoms with Gasteiger partial charge in [-0.2, -0.15) is 5.10 Å². The summed E-state index contributed by atoms with van der Waals surface area (Å²) in [7, 11) is 1.81. The Kier molecular flexibility index (Phi) is 5.27. The first-order valence-corrected chi connectivity index (χ1v) is 9.71. The van der Waals surface area contributed by atoms with Crippen LogP contribution >= 0.6 is 0 Å². The Morgan fingerprint density at radius 2 is 2.03 bits per heavy atom. The molecule has 4 rings (SSSR count). The van der Waals surface area contributed by atoms with Gasteiger partial charge in [0.05, 0.1) is 23.0 Å². The van der Waals surface area contributed by atoms with Gasteiger partial charge >= 0.3 is 0 Å². The highest BCUT2D eigenvalue weighted by Gasteiger charge is 2.23. The van der Waals surface area contributed by atoms with Gasteiger partial charge in [-0.25, -0.2) is 9.37 Å². The first-order valence-electron chi connectivity index (χ1n) is 9.71. The summed E-state index contributed by atoms with van der Waals surface area (Å²) in [4.78, 5) is 24.1.